The molecule has 0 aliphatic carbocycles. The normalized spacial score (nSPS) is 12.4. The maximum atomic E-state index is 12.0. The van der Waals surface area contributed by atoms with Crippen molar-refractivity contribution in [1.82, 2.24) is 9.29 Å². The van der Waals surface area contributed by atoms with Gasteiger partial charge in [0, 0.05) is 19.3 Å². The van der Waals surface area contributed by atoms with E-state index in [1.165, 1.54) is 23.6 Å². The van der Waals surface area contributed by atoms with Crippen LogP contribution >= 0.6 is 23.2 Å². The Hall–Kier alpha value is -0.360. The minimum atomic E-state index is -3.55. The van der Waals surface area contributed by atoms with Crippen molar-refractivity contribution >= 4 is 33.2 Å². The van der Waals surface area contributed by atoms with Gasteiger partial charge in [-0.2, -0.15) is 4.31 Å². The van der Waals surface area contributed by atoms with Gasteiger partial charge in [-0.3, -0.25) is 0 Å². The van der Waals surface area contributed by atoms with Crippen LogP contribution in [0.2, 0.25) is 10.2 Å². The third-order valence-electron chi connectivity index (χ3n) is 2.18. The largest absolute Gasteiger partial charge is 0.244 e. The molecule has 1 aromatic heterocycles. The van der Waals surface area contributed by atoms with Crippen LogP contribution in [0.4, 0.5) is 0 Å². The summed E-state index contributed by atoms with van der Waals surface area (Å²) in [6, 6.07) is 1.16. The van der Waals surface area contributed by atoms with Crippen LogP contribution in [0.3, 0.4) is 0 Å². The van der Waals surface area contributed by atoms with Crippen LogP contribution in [0.25, 0.3) is 0 Å². The lowest BCUT2D eigenvalue weighted by molar-refractivity contribution is 0.410. The summed E-state index contributed by atoms with van der Waals surface area (Å²) in [6.07, 6.45) is 1.20. The van der Waals surface area contributed by atoms with Crippen molar-refractivity contribution in [2.75, 3.05) is 7.05 Å². The third kappa shape index (κ3) is 2.66. The summed E-state index contributed by atoms with van der Waals surface area (Å²) in [5, 5.41) is 0.215. The molecule has 0 N–H and O–H groups in total. The minimum Gasteiger partial charge on any atom is -0.242 e. The van der Waals surface area contributed by atoms with E-state index in [9.17, 15) is 8.42 Å². The Balaban J connectivity index is 3.23. The van der Waals surface area contributed by atoms with E-state index in [2.05, 4.69) is 4.98 Å². The molecule has 7 heteroatoms. The van der Waals surface area contributed by atoms with Crippen molar-refractivity contribution in [3.05, 3.63) is 22.4 Å². The first kappa shape index (κ1) is 13.7. The molecule has 0 aliphatic heterocycles. The van der Waals surface area contributed by atoms with E-state index < -0.39 is 10.0 Å². The second kappa shape index (κ2) is 4.87. The number of rotatable bonds is 3. The molecule has 0 saturated carbocycles. The van der Waals surface area contributed by atoms with Crippen LogP contribution in [-0.2, 0) is 10.0 Å². The van der Waals surface area contributed by atoms with Gasteiger partial charge in [-0.05, 0) is 19.9 Å². The fraction of sp³-hybridized carbons (Fsp3) is 0.444. The van der Waals surface area contributed by atoms with Crippen LogP contribution < -0.4 is 0 Å². The number of hydrogen-bond donors (Lipinski definition) is 0. The van der Waals surface area contributed by atoms with Gasteiger partial charge >= 0.3 is 0 Å². The summed E-state index contributed by atoms with van der Waals surface area (Å²) in [5.41, 5.74) is 0. The van der Waals surface area contributed by atoms with Gasteiger partial charge in [-0.25, -0.2) is 13.4 Å². The molecule has 1 aromatic rings. The van der Waals surface area contributed by atoms with E-state index in [0.29, 0.717) is 0 Å². The zero-order chi connectivity index (χ0) is 12.5. The SMILES string of the molecule is CC(C)N(C)S(=O)(=O)c1cnc(Cl)c(Cl)c1. The third-order valence-corrected chi connectivity index (χ3v) is 4.86. The number of nitrogens with zero attached hydrogens (tertiary/aromatic N) is 2. The first-order valence-electron chi connectivity index (χ1n) is 4.56. The Kier molecular flexibility index (Phi) is 4.17. The van der Waals surface area contributed by atoms with E-state index in [-0.39, 0.29) is 21.1 Å². The molecular formula is C9H12Cl2N2O2S. The zero-order valence-corrected chi connectivity index (χ0v) is 11.4. The maximum absolute atomic E-state index is 12.0. The smallest absolute Gasteiger partial charge is 0.242 e. The van der Waals surface area contributed by atoms with Crippen LogP contribution in [0, 0.1) is 0 Å². The second-order valence-electron chi connectivity index (χ2n) is 3.56. The zero-order valence-electron chi connectivity index (χ0n) is 9.11. The molecule has 4 nitrogen and oxygen atoms in total. The molecule has 0 aromatic carbocycles. The van der Waals surface area contributed by atoms with E-state index in [0.717, 1.165) is 0 Å². The highest BCUT2D eigenvalue weighted by molar-refractivity contribution is 7.89. The molecule has 0 atom stereocenters. The molecule has 1 rings (SSSR count). The highest BCUT2D eigenvalue weighted by Crippen LogP contribution is 2.24. The van der Waals surface area contributed by atoms with Gasteiger partial charge in [0.2, 0.25) is 10.0 Å². The molecule has 0 unspecified atom stereocenters. The standard InChI is InChI=1S/C9H12Cl2N2O2S/c1-6(2)13(3)16(14,15)7-4-8(10)9(11)12-5-7/h4-6H,1-3H3. The molecule has 0 bridgehead atoms. The molecule has 0 saturated heterocycles. The van der Waals surface area contributed by atoms with Crippen LogP contribution in [0.1, 0.15) is 13.8 Å². The highest BCUT2D eigenvalue weighted by Gasteiger charge is 2.24. The van der Waals surface area contributed by atoms with E-state index in [1.54, 1.807) is 13.8 Å². The first-order chi connectivity index (χ1) is 7.26. The average Bonchev–Trinajstić information content (AvgIpc) is 2.20. The van der Waals surface area contributed by atoms with E-state index >= 15 is 0 Å². The number of hydrogen-bond acceptors (Lipinski definition) is 3. The Morgan fingerprint density at radius 1 is 1.38 bits per heavy atom. The molecule has 0 amide bonds. The molecule has 1 heterocycles. The van der Waals surface area contributed by atoms with Gasteiger partial charge in [0.1, 0.15) is 10.0 Å². The lowest BCUT2D eigenvalue weighted by atomic mass is 10.4. The van der Waals surface area contributed by atoms with E-state index in [4.69, 9.17) is 23.2 Å². The predicted molar refractivity (Wildman–Crippen MR) is 64.3 cm³/mol. The van der Waals surface area contributed by atoms with Crippen molar-refractivity contribution in [2.45, 2.75) is 24.8 Å². The molecule has 0 radical (unpaired) electrons. The monoisotopic (exact) mass is 282 g/mol. The lowest BCUT2D eigenvalue weighted by Crippen LogP contribution is -2.33. The molecule has 0 spiro atoms. The molecule has 90 valence electrons. The Labute approximate surface area is 105 Å². The summed E-state index contributed by atoms with van der Waals surface area (Å²) >= 11 is 11.3. The Morgan fingerprint density at radius 3 is 2.38 bits per heavy atom. The average molecular weight is 283 g/mol. The summed E-state index contributed by atoms with van der Waals surface area (Å²) < 4.78 is 25.3. The lowest BCUT2D eigenvalue weighted by Gasteiger charge is -2.20. The van der Waals surface area contributed by atoms with Crippen LogP contribution in [0.5, 0.6) is 0 Å². The van der Waals surface area contributed by atoms with E-state index in [1.807, 2.05) is 0 Å². The highest BCUT2D eigenvalue weighted by atomic mass is 35.5. The first-order valence-corrected chi connectivity index (χ1v) is 6.75. The van der Waals surface area contributed by atoms with Crippen molar-refractivity contribution in [1.29, 1.82) is 0 Å². The van der Waals surface area contributed by atoms with Gasteiger partial charge in [0.05, 0.1) is 5.02 Å². The molecule has 16 heavy (non-hydrogen) atoms. The minimum absolute atomic E-state index is 0.0399. The number of halogens is 2. The topological polar surface area (TPSA) is 50.3 Å². The second-order valence-corrected chi connectivity index (χ2v) is 6.32. The summed E-state index contributed by atoms with van der Waals surface area (Å²) in [7, 11) is -2.05. The van der Waals surface area contributed by atoms with Crippen molar-refractivity contribution in [3.63, 3.8) is 0 Å². The van der Waals surface area contributed by atoms with Gasteiger partial charge in [-0.1, -0.05) is 23.2 Å². The summed E-state index contributed by atoms with van der Waals surface area (Å²) in [5.74, 6) is 0. The number of aromatic nitrogens is 1. The summed E-state index contributed by atoms with van der Waals surface area (Å²) in [4.78, 5) is 3.75. The van der Waals surface area contributed by atoms with Crippen molar-refractivity contribution in [3.8, 4) is 0 Å². The van der Waals surface area contributed by atoms with Gasteiger partial charge in [0.15, 0.2) is 0 Å². The maximum Gasteiger partial charge on any atom is 0.244 e. The van der Waals surface area contributed by atoms with Crippen molar-refractivity contribution in [2.24, 2.45) is 0 Å². The summed E-state index contributed by atoms with van der Waals surface area (Å²) in [6.45, 7) is 3.56. The van der Waals surface area contributed by atoms with Gasteiger partial charge in [0.25, 0.3) is 0 Å². The predicted octanol–water partition coefficient (Wildman–Crippen LogP) is 2.42. The molecular weight excluding hydrogens is 271 g/mol. The fourth-order valence-electron chi connectivity index (χ4n) is 0.989. The molecule has 0 aliphatic rings. The van der Waals surface area contributed by atoms with Gasteiger partial charge in [-0.15, -0.1) is 0 Å². The van der Waals surface area contributed by atoms with Gasteiger partial charge < -0.3 is 0 Å². The van der Waals surface area contributed by atoms with Crippen molar-refractivity contribution < 1.29 is 8.42 Å². The number of pyridine rings is 1. The Morgan fingerprint density at radius 2 is 1.94 bits per heavy atom. The quantitative estimate of drug-likeness (QED) is 0.800. The number of sulfonamides is 1. The fourth-order valence-corrected chi connectivity index (χ4v) is 2.66. The molecule has 0 fully saturated rings. The van der Waals surface area contributed by atoms with Crippen LogP contribution in [0.15, 0.2) is 17.2 Å². The van der Waals surface area contributed by atoms with Crippen LogP contribution in [-0.4, -0.2) is 30.8 Å². The Bertz CT molecular complexity index is 488.